The second-order valence-corrected chi connectivity index (χ2v) is 8.16. The molecule has 28 heavy (non-hydrogen) atoms. The number of methoxy groups -OCH3 is 1. The third-order valence-electron chi connectivity index (χ3n) is 3.79. The summed E-state index contributed by atoms with van der Waals surface area (Å²) >= 11 is 5.94. The number of hydrogen-bond donors (Lipinski definition) is 1. The van der Waals surface area contributed by atoms with E-state index in [1.165, 1.54) is 44.4 Å². The number of rotatable bonds is 6. The fourth-order valence-corrected chi connectivity index (χ4v) is 3.90. The minimum absolute atomic E-state index is 0.0107. The second kappa shape index (κ2) is 8.57. The molecule has 0 saturated heterocycles. The number of esters is 1. The van der Waals surface area contributed by atoms with Gasteiger partial charge in [0.2, 0.25) is 15.9 Å². The van der Waals surface area contributed by atoms with Gasteiger partial charge in [0, 0.05) is 5.69 Å². The molecule has 1 N–H and O–H groups in total. The Morgan fingerprint density at radius 2 is 1.89 bits per heavy atom. The molecule has 1 unspecified atom stereocenters. The summed E-state index contributed by atoms with van der Waals surface area (Å²) in [6.07, 6.45) is 0.916. The summed E-state index contributed by atoms with van der Waals surface area (Å²) in [4.78, 5) is 24.4. The highest BCUT2D eigenvalue weighted by atomic mass is 35.5. The van der Waals surface area contributed by atoms with Crippen LogP contribution in [0.5, 0.6) is 0 Å². The van der Waals surface area contributed by atoms with Crippen molar-refractivity contribution in [1.82, 2.24) is 0 Å². The van der Waals surface area contributed by atoms with Crippen LogP contribution >= 0.6 is 11.6 Å². The van der Waals surface area contributed by atoms with Gasteiger partial charge in [0.25, 0.3) is 0 Å². The molecule has 0 spiro atoms. The van der Waals surface area contributed by atoms with E-state index in [4.69, 9.17) is 11.6 Å². The molecule has 2 aromatic rings. The first-order valence-corrected chi connectivity index (χ1v) is 10.2. The SMILES string of the molecule is COC(=O)c1cc(NC(=O)C(C)N(c2cccc(F)c2)S(C)(=O)=O)ccc1Cl. The molecule has 7 nitrogen and oxygen atoms in total. The van der Waals surface area contributed by atoms with Gasteiger partial charge in [-0.3, -0.25) is 9.10 Å². The second-order valence-electron chi connectivity index (χ2n) is 5.89. The molecule has 0 aliphatic rings. The predicted octanol–water partition coefficient (Wildman–Crippen LogP) is 3.06. The molecular weight excluding hydrogens is 411 g/mol. The topological polar surface area (TPSA) is 92.8 Å². The lowest BCUT2D eigenvalue weighted by Crippen LogP contribution is -2.45. The zero-order valence-corrected chi connectivity index (χ0v) is 16.8. The van der Waals surface area contributed by atoms with E-state index in [-0.39, 0.29) is 22.0 Å². The maximum Gasteiger partial charge on any atom is 0.339 e. The third kappa shape index (κ3) is 4.99. The monoisotopic (exact) mass is 428 g/mol. The number of halogens is 2. The van der Waals surface area contributed by atoms with E-state index >= 15 is 0 Å². The third-order valence-corrected chi connectivity index (χ3v) is 5.36. The van der Waals surface area contributed by atoms with E-state index in [1.807, 2.05) is 0 Å². The first-order chi connectivity index (χ1) is 13.0. The van der Waals surface area contributed by atoms with Crippen LogP contribution in [0.4, 0.5) is 15.8 Å². The van der Waals surface area contributed by atoms with Crippen molar-refractivity contribution in [2.45, 2.75) is 13.0 Å². The molecule has 150 valence electrons. The molecule has 10 heteroatoms. The molecule has 0 aliphatic heterocycles. The molecule has 0 heterocycles. The van der Waals surface area contributed by atoms with E-state index in [1.54, 1.807) is 0 Å². The van der Waals surface area contributed by atoms with Crippen molar-refractivity contribution in [3.63, 3.8) is 0 Å². The number of amides is 1. The number of benzene rings is 2. The summed E-state index contributed by atoms with van der Waals surface area (Å²) in [7, 11) is -2.70. The highest BCUT2D eigenvalue weighted by molar-refractivity contribution is 7.92. The number of nitrogens with zero attached hydrogens (tertiary/aromatic N) is 1. The van der Waals surface area contributed by atoms with E-state index < -0.39 is 33.8 Å². The number of hydrogen-bond acceptors (Lipinski definition) is 5. The lowest BCUT2D eigenvalue weighted by atomic mass is 10.2. The quantitative estimate of drug-likeness (QED) is 0.714. The minimum Gasteiger partial charge on any atom is -0.465 e. The molecule has 0 aromatic heterocycles. The van der Waals surface area contributed by atoms with Crippen molar-refractivity contribution in [3.8, 4) is 0 Å². The van der Waals surface area contributed by atoms with Crippen LogP contribution in [0.1, 0.15) is 17.3 Å². The van der Waals surface area contributed by atoms with E-state index in [9.17, 15) is 22.4 Å². The number of anilines is 2. The molecule has 1 amide bonds. The number of carbonyl (C=O) groups is 2. The van der Waals surface area contributed by atoms with Crippen LogP contribution in [0.2, 0.25) is 5.02 Å². The Morgan fingerprint density at radius 1 is 1.21 bits per heavy atom. The standard InChI is InChI=1S/C18H18ClFN2O5S/c1-11(22(28(3,25)26)14-6-4-5-12(20)9-14)17(23)21-13-7-8-16(19)15(10-13)18(24)27-2/h4-11H,1-3H3,(H,21,23). The Hall–Kier alpha value is -2.65. The van der Waals surface area contributed by atoms with Crippen LogP contribution in [0.15, 0.2) is 42.5 Å². The number of sulfonamides is 1. The van der Waals surface area contributed by atoms with Crippen molar-refractivity contribution in [2.24, 2.45) is 0 Å². The number of ether oxygens (including phenoxy) is 1. The fraction of sp³-hybridized carbons (Fsp3) is 0.222. The van der Waals surface area contributed by atoms with Crippen LogP contribution in [0.25, 0.3) is 0 Å². The average Bonchev–Trinajstić information content (AvgIpc) is 2.61. The Balaban J connectivity index is 2.33. The predicted molar refractivity (Wildman–Crippen MR) is 105 cm³/mol. The summed E-state index contributed by atoms with van der Waals surface area (Å²) in [6, 6.07) is 7.86. The highest BCUT2D eigenvalue weighted by Crippen LogP contribution is 2.24. The Bertz CT molecular complexity index is 1010. The van der Waals surface area contributed by atoms with Gasteiger partial charge in [-0.25, -0.2) is 17.6 Å². The smallest absolute Gasteiger partial charge is 0.339 e. The Morgan fingerprint density at radius 3 is 2.46 bits per heavy atom. The highest BCUT2D eigenvalue weighted by Gasteiger charge is 2.29. The zero-order valence-electron chi connectivity index (χ0n) is 15.3. The molecule has 2 aromatic carbocycles. The molecule has 0 saturated carbocycles. The zero-order chi connectivity index (χ0) is 21.1. The van der Waals surface area contributed by atoms with E-state index in [0.29, 0.717) is 0 Å². The van der Waals surface area contributed by atoms with Gasteiger partial charge < -0.3 is 10.1 Å². The summed E-state index contributed by atoms with van der Waals surface area (Å²) in [5.41, 5.74) is 0.269. The van der Waals surface area contributed by atoms with Crippen molar-refractivity contribution < 1.29 is 27.1 Å². The van der Waals surface area contributed by atoms with Gasteiger partial charge in [0.15, 0.2) is 0 Å². The average molecular weight is 429 g/mol. The first kappa shape index (κ1) is 21.6. The van der Waals surface area contributed by atoms with Crippen molar-refractivity contribution >= 4 is 44.9 Å². The van der Waals surface area contributed by atoms with Gasteiger partial charge in [-0.2, -0.15) is 0 Å². The van der Waals surface area contributed by atoms with Crippen LogP contribution in [-0.2, 0) is 19.6 Å². The van der Waals surface area contributed by atoms with Gasteiger partial charge in [-0.05, 0) is 43.3 Å². The van der Waals surface area contributed by atoms with E-state index in [0.717, 1.165) is 22.7 Å². The fourth-order valence-electron chi connectivity index (χ4n) is 2.54. The maximum atomic E-state index is 13.5. The molecule has 0 bridgehead atoms. The van der Waals surface area contributed by atoms with Crippen LogP contribution in [0, 0.1) is 5.82 Å². The molecule has 2 rings (SSSR count). The lowest BCUT2D eigenvalue weighted by Gasteiger charge is -2.28. The van der Waals surface area contributed by atoms with Crippen molar-refractivity contribution in [3.05, 3.63) is 58.9 Å². The van der Waals surface area contributed by atoms with Crippen LogP contribution in [0.3, 0.4) is 0 Å². The minimum atomic E-state index is -3.89. The number of nitrogens with one attached hydrogen (secondary N) is 1. The first-order valence-electron chi connectivity index (χ1n) is 7.98. The Labute approximate surface area is 167 Å². The van der Waals surface area contributed by atoms with Gasteiger partial charge in [-0.1, -0.05) is 17.7 Å². The summed E-state index contributed by atoms with van der Waals surface area (Å²) in [5.74, 6) is -2.02. The largest absolute Gasteiger partial charge is 0.465 e. The molecule has 0 radical (unpaired) electrons. The van der Waals surface area contributed by atoms with Crippen molar-refractivity contribution in [1.29, 1.82) is 0 Å². The normalized spacial score (nSPS) is 12.2. The lowest BCUT2D eigenvalue weighted by molar-refractivity contribution is -0.116. The maximum absolute atomic E-state index is 13.5. The number of carbonyl (C=O) groups excluding carboxylic acids is 2. The Kier molecular flexibility index (Phi) is 6.63. The molecule has 0 fully saturated rings. The molecule has 1 atom stereocenters. The van der Waals surface area contributed by atoms with Gasteiger partial charge in [0.1, 0.15) is 11.9 Å². The summed E-state index contributed by atoms with van der Waals surface area (Å²) in [5, 5.41) is 2.65. The summed E-state index contributed by atoms with van der Waals surface area (Å²) in [6.45, 7) is 1.36. The van der Waals surface area contributed by atoms with Crippen LogP contribution < -0.4 is 9.62 Å². The van der Waals surface area contributed by atoms with Gasteiger partial charge in [-0.15, -0.1) is 0 Å². The molecule has 0 aliphatic carbocycles. The van der Waals surface area contributed by atoms with Crippen molar-refractivity contribution in [2.75, 3.05) is 23.0 Å². The van der Waals surface area contributed by atoms with Gasteiger partial charge in [0.05, 0.1) is 29.6 Å². The molecular formula is C18H18ClFN2O5S. The van der Waals surface area contributed by atoms with E-state index in [2.05, 4.69) is 10.1 Å². The van der Waals surface area contributed by atoms with Gasteiger partial charge >= 0.3 is 5.97 Å². The van der Waals surface area contributed by atoms with Crippen LogP contribution in [-0.4, -0.2) is 39.7 Å². The summed E-state index contributed by atoms with van der Waals surface area (Å²) < 4.78 is 43.4.